The van der Waals surface area contributed by atoms with Gasteiger partial charge in [0, 0.05) is 18.1 Å². The maximum absolute atomic E-state index is 13.4. The molecule has 0 bridgehead atoms. The lowest BCUT2D eigenvalue weighted by Crippen LogP contribution is -2.50. The van der Waals surface area contributed by atoms with E-state index in [4.69, 9.17) is 9.92 Å². The molecule has 170 valence electrons. The molecule has 6 N–H and O–H groups in total. The van der Waals surface area contributed by atoms with Crippen molar-refractivity contribution in [3.8, 4) is 0 Å². The fourth-order valence-corrected chi connectivity index (χ4v) is 6.35. The van der Waals surface area contributed by atoms with E-state index in [0.29, 0.717) is 5.92 Å². The van der Waals surface area contributed by atoms with Crippen molar-refractivity contribution in [3.05, 3.63) is 33.5 Å². The number of aromatic nitrogens is 1. The summed E-state index contributed by atoms with van der Waals surface area (Å²) >= 11 is 0.863. The standard InChI is InChI=1S/C20H29N5O4S2/c1-11(12-6-7-12)14-8-23-15-5-3-4-13(15)17(14)24-19(27)25-9-16(31(21,22)29)30-18(25)20(2,28)10-26/h8-9,11-12,18,26,28H,3-7,10H2,1-2H3,(H3,21,22,29)(H,23,24,27)/t11-,18?,20?/m0/s1. The Balaban J connectivity index is 1.69. The number of nitrogens with two attached hydrogens (primary N) is 1. The van der Waals surface area contributed by atoms with Crippen LogP contribution < -0.4 is 10.5 Å². The van der Waals surface area contributed by atoms with Crippen molar-refractivity contribution < 1.29 is 19.2 Å². The van der Waals surface area contributed by atoms with Crippen molar-refractivity contribution in [2.45, 2.75) is 62.8 Å². The van der Waals surface area contributed by atoms with Gasteiger partial charge in [0.2, 0.25) is 0 Å². The number of hydrogen-bond donors (Lipinski definition) is 5. The molecule has 4 rings (SSSR count). The number of nitrogens with one attached hydrogen (secondary N) is 2. The van der Waals surface area contributed by atoms with Crippen LogP contribution >= 0.6 is 11.8 Å². The number of amides is 2. The second-order valence-electron chi connectivity index (χ2n) is 8.87. The number of anilines is 1. The number of carbonyl (C=O) groups is 1. The van der Waals surface area contributed by atoms with Crippen LogP contribution in [0.2, 0.25) is 0 Å². The second kappa shape index (κ2) is 8.04. The summed E-state index contributed by atoms with van der Waals surface area (Å²) in [6, 6.07) is -0.533. The Kier molecular flexibility index (Phi) is 5.84. The Hall–Kier alpha value is -1.66. The number of hydrogen-bond acceptors (Lipinski definition) is 7. The number of aryl methyl sites for hydroxylation is 1. The summed E-state index contributed by atoms with van der Waals surface area (Å²) in [5.41, 5.74) is 2.11. The second-order valence-corrected chi connectivity index (χ2v) is 11.9. The van der Waals surface area contributed by atoms with Crippen LogP contribution in [0.4, 0.5) is 10.5 Å². The average molecular weight is 468 g/mol. The van der Waals surface area contributed by atoms with Gasteiger partial charge in [-0.05, 0) is 62.0 Å². The number of pyridine rings is 1. The molecule has 1 aliphatic heterocycles. The molecule has 2 amide bonds. The van der Waals surface area contributed by atoms with Crippen molar-refractivity contribution in [3.63, 3.8) is 0 Å². The fraction of sp³-hybridized carbons (Fsp3) is 0.600. The number of rotatable bonds is 6. The zero-order valence-electron chi connectivity index (χ0n) is 17.6. The molecule has 0 aromatic carbocycles. The van der Waals surface area contributed by atoms with E-state index in [1.54, 1.807) is 0 Å². The van der Waals surface area contributed by atoms with Crippen LogP contribution in [0.15, 0.2) is 16.6 Å². The van der Waals surface area contributed by atoms with Crippen LogP contribution in [0.25, 0.3) is 0 Å². The minimum atomic E-state index is -3.58. The topological polar surface area (TPSA) is 153 Å². The van der Waals surface area contributed by atoms with Gasteiger partial charge in [-0.15, -0.1) is 0 Å². The van der Waals surface area contributed by atoms with Gasteiger partial charge in [-0.3, -0.25) is 9.88 Å². The molecule has 0 spiro atoms. The summed E-state index contributed by atoms with van der Waals surface area (Å²) in [5.74, 6) is 0.846. The largest absolute Gasteiger partial charge is 0.393 e. The van der Waals surface area contributed by atoms with Crippen molar-refractivity contribution in [2.75, 3.05) is 11.9 Å². The van der Waals surface area contributed by atoms with Crippen LogP contribution in [0.5, 0.6) is 0 Å². The van der Waals surface area contributed by atoms with Crippen LogP contribution in [-0.2, 0) is 22.8 Å². The molecule has 1 fully saturated rings. The van der Waals surface area contributed by atoms with Crippen LogP contribution in [0, 0.1) is 10.7 Å². The van der Waals surface area contributed by atoms with Gasteiger partial charge >= 0.3 is 6.03 Å². The molecule has 4 atom stereocenters. The highest BCUT2D eigenvalue weighted by atomic mass is 32.3. The molecular formula is C20H29N5O4S2. The number of thioether (sulfide) groups is 1. The molecule has 3 aliphatic rings. The highest BCUT2D eigenvalue weighted by molar-refractivity contribution is 8.18. The van der Waals surface area contributed by atoms with E-state index < -0.39 is 33.5 Å². The summed E-state index contributed by atoms with van der Waals surface area (Å²) in [6.07, 6.45) is 8.12. The minimum Gasteiger partial charge on any atom is -0.393 e. The number of fused-ring (bicyclic) bond motifs is 1. The van der Waals surface area contributed by atoms with E-state index in [2.05, 4.69) is 17.2 Å². The highest BCUT2D eigenvalue weighted by Crippen LogP contribution is 2.46. The third-order valence-electron chi connectivity index (χ3n) is 6.30. The van der Waals surface area contributed by atoms with Gasteiger partial charge in [-0.2, -0.15) is 0 Å². The SMILES string of the molecule is C[C@H](c1cnc2c(c1NC(=O)N1C=C(S(=N)(N)=O)SC1C(C)(O)CO)CCC2)C1CC1. The molecule has 11 heteroatoms. The summed E-state index contributed by atoms with van der Waals surface area (Å²) < 4.78 is 19.8. The van der Waals surface area contributed by atoms with Crippen LogP contribution in [0.3, 0.4) is 0 Å². The van der Waals surface area contributed by atoms with Crippen LogP contribution in [0.1, 0.15) is 55.8 Å². The summed E-state index contributed by atoms with van der Waals surface area (Å²) in [5, 5.41) is 27.8. The zero-order valence-corrected chi connectivity index (χ0v) is 19.3. The van der Waals surface area contributed by atoms with Gasteiger partial charge < -0.3 is 15.5 Å². The highest BCUT2D eigenvalue weighted by Gasteiger charge is 2.44. The molecule has 2 aliphatic carbocycles. The monoisotopic (exact) mass is 467 g/mol. The smallest absolute Gasteiger partial charge is 0.327 e. The van der Waals surface area contributed by atoms with Crippen molar-refractivity contribution in [1.29, 1.82) is 4.78 Å². The zero-order chi connectivity index (χ0) is 22.6. The predicted octanol–water partition coefficient (Wildman–Crippen LogP) is 2.45. The molecule has 3 unspecified atom stereocenters. The van der Waals surface area contributed by atoms with Crippen molar-refractivity contribution in [2.24, 2.45) is 11.1 Å². The number of urea groups is 1. The van der Waals surface area contributed by atoms with Gasteiger partial charge in [0.15, 0.2) is 0 Å². The molecule has 1 aromatic rings. The maximum atomic E-state index is 13.4. The predicted molar refractivity (Wildman–Crippen MR) is 120 cm³/mol. The first kappa shape index (κ1) is 22.5. The van der Waals surface area contributed by atoms with Crippen molar-refractivity contribution in [1.82, 2.24) is 9.88 Å². The molecule has 9 nitrogen and oxygen atoms in total. The van der Waals surface area contributed by atoms with E-state index in [1.807, 2.05) is 6.20 Å². The quantitative estimate of drug-likeness (QED) is 0.433. The third-order valence-corrected chi connectivity index (χ3v) is 9.33. The normalized spacial score (nSPS) is 25.4. The average Bonchev–Trinajstić information content (AvgIpc) is 3.25. The fourth-order valence-electron chi connectivity index (χ4n) is 4.24. The molecule has 1 aromatic heterocycles. The van der Waals surface area contributed by atoms with E-state index in [1.165, 1.54) is 18.0 Å². The summed E-state index contributed by atoms with van der Waals surface area (Å²) in [7, 11) is -3.58. The Morgan fingerprint density at radius 1 is 1.52 bits per heavy atom. The lowest BCUT2D eigenvalue weighted by atomic mass is 9.93. The van der Waals surface area contributed by atoms with Gasteiger partial charge in [-0.1, -0.05) is 18.7 Å². The first-order valence-electron chi connectivity index (χ1n) is 10.4. The van der Waals surface area contributed by atoms with Crippen molar-refractivity contribution >= 4 is 33.4 Å². The molecule has 2 heterocycles. The Morgan fingerprint density at radius 3 is 2.84 bits per heavy atom. The molecule has 31 heavy (non-hydrogen) atoms. The Labute approximate surface area is 186 Å². The molecule has 1 saturated carbocycles. The number of carbonyl (C=O) groups excluding carboxylic acids is 1. The minimum absolute atomic E-state index is 0.0205. The summed E-state index contributed by atoms with van der Waals surface area (Å²) in [6.45, 7) is 2.92. The maximum Gasteiger partial charge on any atom is 0.327 e. The van der Waals surface area contributed by atoms with Crippen LogP contribution in [-0.4, -0.2) is 47.9 Å². The Bertz CT molecular complexity index is 1040. The van der Waals surface area contributed by atoms with Gasteiger partial charge in [0.05, 0.1) is 12.3 Å². The van der Waals surface area contributed by atoms with E-state index in [-0.39, 0.29) is 10.2 Å². The number of aliphatic hydroxyl groups is 2. The molecular weight excluding hydrogens is 438 g/mol. The third kappa shape index (κ3) is 4.34. The number of nitrogens with zero attached hydrogens (tertiary/aromatic N) is 2. The first-order chi connectivity index (χ1) is 14.5. The lowest BCUT2D eigenvalue weighted by molar-refractivity contribution is -0.0200. The first-order valence-corrected chi connectivity index (χ1v) is 12.9. The number of aliphatic hydroxyl groups excluding tert-OH is 1. The Morgan fingerprint density at radius 2 is 2.23 bits per heavy atom. The summed E-state index contributed by atoms with van der Waals surface area (Å²) in [4.78, 5) is 19.2. The lowest BCUT2D eigenvalue weighted by Gasteiger charge is -2.34. The van der Waals surface area contributed by atoms with Gasteiger partial charge in [0.1, 0.15) is 25.1 Å². The molecule has 0 radical (unpaired) electrons. The van der Waals surface area contributed by atoms with E-state index >= 15 is 0 Å². The van der Waals surface area contributed by atoms with Gasteiger partial charge in [0.25, 0.3) is 0 Å². The van der Waals surface area contributed by atoms with Gasteiger partial charge in [-0.25, -0.2) is 18.9 Å². The van der Waals surface area contributed by atoms with E-state index in [9.17, 15) is 19.2 Å². The van der Waals surface area contributed by atoms with E-state index in [0.717, 1.165) is 66.4 Å². The molecule has 0 saturated heterocycles.